The van der Waals surface area contributed by atoms with Crippen molar-refractivity contribution in [2.75, 3.05) is 0 Å². The van der Waals surface area contributed by atoms with E-state index >= 15 is 0 Å². The van der Waals surface area contributed by atoms with E-state index in [-0.39, 0.29) is 0 Å². The number of rotatable bonds is 5. The molecule has 0 aromatic heterocycles. The lowest BCUT2D eigenvalue weighted by Crippen LogP contribution is -1.91. The summed E-state index contributed by atoms with van der Waals surface area (Å²) in [4.78, 5) is 0. The zero-order valence-corrected chi connectivity index (χ0v) is 28.6. The summed E-state index contributed by atoms with van der Waals surface area (Å²) in [6.07, 6.45) is 0. The predicted molar refractivity (Wildman–Crippen MR) is 224 cm³/mol. The highest BCUT2D eigenvalue weighted by atomic mass is 14.2. The summed E-state index contributed by atoms with van der Waals surface area (Å²) in [5.74, 6) is 0. The second-order valence-electron chi connectivity index (χ2n) is 13.6. The van der Waals surface area contributed by atoms with Crippen LogP contribution in [0, 0.1) is 0 Å². The van der Waals surface area contributed by atoms with Crippen molar-refractivity contribution in [3.63, 3.8) is 0 Å². The highest BCUT2D eigenvalue weighted by Crippen LogP contribution is 2.45. The Morgan fingerprint density at radius 3 is 1.04 bits per heavy atom. The molecule has 52 heavy (non-hydrogen) atoms. The molecule has 0 saturated heterocycles. The van der Waals surface area contributed by atoms with Gasteiger partial charge in [0, 0.05) is 0 Å². The smallest absolute Gasteiger partial charge is 0.00262 e. The largest absolute Gasteiger partial charge is 0.0616 e. The standard InChI is InChI=1S/C52H34/c1-3-18-43-36(12-1)14-10-24-45(43)38-28-26-35(27-29-38)41-16-9-17-42(34-41)52-49-22-7-5-20-47(49)51(48-21-6-8-23-50(48)52)40-32-30-39(31-33-40)46-25-11-15-37-13-2-4-19-44(37)46/h1-34H. The fraction of sp³-hybridized carbons (Fsp3) is 0. The Balaban J connectivity index is 1.08. The van der Waals surface area contributed by atoms with E-state index in [9.17, 15) is 0 Å². The van der Waals surface area contributed by atoms with Crippen molar-refractivity contribution < 1.29 is 0 Å². The maximum atomic E-state index is 2.36. The summed E-state index contributed by atoms with van der Waals surface area (Å²) in [5, 5.41) is 10.1. The van der Waals surface area contributed by atoms with Gasteiger partial charge in [0.15, 0.2) is 0 Å². The van der Waals surface area contributed by atoms with Crippen LogP contribution in [0.15, 0.2) is 206 Å². The summed E-state index contributed by atoms with van der Waals surface area (Å²) in [5.41, 5.74) is 12.4. The molecule has 10 aromatic carbocycles. The van der Waals surface area contributed by atoms with Crippen LogP contribution < -0.4 is 0 Å². The van der Waals surface area contributed by atoms with Crippen LogP contribution in [0.5, 0.6) is 0 Å². The molecule has 0 bridgehead atoms. The quantitative estimate of drug-likeness (QED) is 0.161. The molecule has 10 aromatic rings. The fourth-order valence-corrected chi connectivity index (χ4v) is 8.22. The van der Waals surface area contributed by atoms with E-state index in [1.165, 1.54) is 98.7 Å². The Morgan fingerprint density at radius 2 is 0.538 bits per heavy atom. The van der Waals surface area contributed by atoms with Crippen LogP contribution in [0.2, 0.25) is 0 Å². The molecule has 0 atom stereocenters. The van der Waals surface area contributed by atoms with Crippen LogP contribution >= 0.6 is 0 Å². The Bertz CT molecular complexity index is 2860. The normalized spacial score (nSPS) is 11.5. The molecule has 0 unspecified atom stereocenters. The Labute approximate surface area is 303 Å². The minimum atomic E-state index is 1.21. The van der Waals surface area contributed by atoms with Crippen molar-refractivity contribution in [3.05, 3.63) is 206 Å². The van der Waals surface area contributed by atoms with Gasteiger partial charge in [0.25, 0.3) is 0 Å². The average molecular weight is 659 g/mol. The predicted octanol–water partition coefficient (Wildman–Crippen LogP) is 14.6. The van der Waals surface area contributed by atoms with E-state index in [1.54, 1.807) is 0 Å². The third-order valence-electron chi connectivity index (χ3n) is 10.7. The van der Waals surface area contributed by atoms with Crippen molar-refractivity contribution in [3.8, 4) is 55.6 Å². The van der Waals surface area contributed by atoms with Gasteiger partial charge in [-0.1, -0.05) is 200 Å². The average Bonchev–Trinajstić information content (AvgIpc) is 3.22. The highest BCUT2D eigenvalue weighted by molar-refractivity contribution is 6.21. The zero-order valence-electron chi connectivity index (χ0n) is 28.6. The van der Waals surface area contributed by atoms with Gasteiger partial charge in [0.1, 0.15) is 0 Å². The van der Waals surface area contributed by atoms with Gasteiger partial charge in [0.05, 0.1) is 0 Å². The van der Waals surface area contributed by atoms with Gasteiger partial charge in [0.2, 0.25) is 0 Å². The third-order valence-corrected chi connectivity index (χ3v) is 10.7. The lowest BCUT2D eigenvalue weighted by Gasteiger charge is -2.18. The van der Waals surface area contributed by atoms with Gasteiger partial charge in [-0.15, -0.1) is 0 Å². The Kier molecular flexibility index (Phi) is 7.25. The van der Waals surface area contributed by atoms with Crippen molar-refractivity contribution >= 4 is 43.1 Å². The molecular weight excluding hydrogens is 625 g/mol. The van der Waals surface area contributed by atoms with E-state index in [2.05, 4.69) is 206 Å². The fourth-order valence-electron chi connectivity index (χ4n) is 8.22. The zero-order chi connectivity index (χ0) is 34.4. The second kappa shape index (κ2) is 12.5. The van der Waals surface area contributed by atoms with Crippen LogP contribution in [0.25, 0.3) is 98.7 Å². The first-order valence-corrected chi connectivity index (χ1v) is 18.0. The minimum absolute atomic E-state index is 1.21. The first-order valence-electron chi connectivity index (χ1n) is 18.0. The van der Waals surface area contributed by atoms with E-state index < -0.39 is 0 Å². The molecule has 0 aliphatic rings. The minimum Gasteiger partial charge on any atom is -0.0616 e. The van der Waals surface area contributed by atoms with Crippen molar-refractivity contribution in [1.82, 2.24) is 0 Å². The third kappa shape index (κ3) is 5.08. The number of hydrogen-bond donors (Lipinski definition) is 0. The van der Waals surface area contributed by atoms with Crippen molar-refractivity contribution in [2.24, 2.45) is 0 Å². The van der Waals surface area contributed by atoms with Crippen LogP contribution in [-0.4, -0.2) is 0 Å². The molecule has 0 saturated carbocycles. The topological polar surface area (TPSA) is 0 Å². The molecule has 0 aliphatic carbocycles. The lowest BCUT2D eigenvalue weighted by atomic mass is 9.85. The SMILES string of the molecule is c1cc(-c2ccc(-c3cccc4ccccc34)cc2)cc(-c2c3ccccc3c(-c3ccc(-c4cccc5ccccc45)cc3)c3ccccc23)c1. The van der Waals surface area contributed by atoms with Crippen LogP contribution in [0.1, 0.15) is 0 Å². The highest BCUT2D eigenvalue weighted by Gasteiger charge is 2.17. The van der Waals surface area contributed by atoms with Gasteiger partial charge >= 0.3 is 0 Å². The van der Waals surface area contributed by atoms with E-state index in [0.29, 0.717) is 0 Å². The molecule has 0 radical (unpaired) electrons. The number of fused-ring (bicyclic) bond motifs is 4. The molecule has 0 nitrogen and oxygen atoms in total. The maximum absolute atomic E-state index is 2.36. The van der Waals surface area contributed by atoms with Crippen LogP contribution in [-0.2, 0) is 0 Å². The summed E-state index contributed by atoms with van der Waals surface area (Å²) < 4.78 is 0. The Morgan fingerprint density at radius 1 is 0.192 bits per heavy atom. The molecule has 0 spiro atoms. The van der Waals surface area contributed by atoms with E-state index in [0.717, 1.165) is 0 Å². The van der Waals surface area contributed by atoms with E-state index in [4.69, 9.17) is 0 Å². The number of benzene rings is 10. The summed E-state index contributed by atoms with van der Waals surface area (Å²) >= 11 is 0. The summed E-state index contributed by atoms with van der Waals surface area (Å²) in [6, 6.07) is 75.5. The molecular formula is C52H34. The van der Waals surface area contributed by atoms with Gasteiger partial charge < -0.3 is 0 Å². The lowest BCUT2D eigenvalue weighted by molar-refractivity contribution is 1.60. The summed E-state index contributed by atoms with van der Waals surface area (Å²) in [7, 11) is 0. The second-order valence-corrected chi connectivity index (χ2v) is 13.6. The monoisotopic (exact) mass is 658 g/mol. The first-order chi connectivity index (χ1) is 25.8. The molecule has 0 aliphatic heterocycles. The molecule has 0 N–H and O–H groups in total. The van der Waals surface area contributed by atoms with Gasteiger partial charge in [-0.05, 0) is 105 Å². The van der Waals surface area contributed by atoms with Crippen LogP contribution in [0.4, 0.5) is 0 Å². The molecule has 10 rings (SSSR count). The maximum Gasteiger partial charge on any atom is -0.00262 e. The molecule has 0 amide bonds. The molecule has 0 heterocycles. The van der Waals surface area contributed by atoms with E-state index in [1.807, 2.05) is 0 Å². The molecule has 0 fully saturated rings. The van der Waals surface area contributed by atoms with Gasteiger partial charge in [-0.25, -0.2) is 0 Å². The molecule has 0 heteroatoms. The summed E-state index contributed by atoms with van der Waals surface area (Å²) in [6.45, 7) is 0. The van der Waals surface area contributed by atoms with Crippen molar-refractivity contribution in [1.29, 1.82) is 0 Å². The van der Waals surface area contributed by atoms with Gasteiger partial charge in [-0.3, -0.25) is 0 Å². The molecule has 242 valence electrons. The van der Waals surface area contributed by atoms with Crippen LogP contribution in [0.3, 0.4) is 0 Å². The van der Waals surface area contributed by atoms with Crippen molar-refractivity contribution in [2.45, 2.75) is 0 Å². The number of hydrogen-bond acceptors (Lipinski definition) is 0. The first kappa shape index (κ1) is 30.1. The van der Waals surface area contributed by atoms with Gasteiger partial charge in [-0.2, -0.15) is 0 Å². The Hall–Kier alpha value is -6.76.